The maximum absolute atomic E-state index is 12.9. The van der Waals surface area contributed by atoms with Gasteiger partial charge >= 0.3 is 0 Å². The van der Waals surface area contributed by atoms with E-state index in [0.717, 1.165) is 42.7 Å². The Morgan fingerprint density at radius 2 is 2.25 bits per heavy atom. The molecule has 1 aliphatic rings. The predicted molar refractivity (Wildman–Crippen MR) is 89.8 cm³/mol. The van der Waals surface area contributed by atoms with E-state index in [1.165, 1.54) is 0 Å². The number of fused-ring (bicyclic) bond motifs is 1. The fourth-order valence-electron chi connectivity index (χ4n) is 3.35. The molecule has 1 fully saturated rings. The van der Waals surface area contributed by atoms with Crippen LogP contribution in [0.3, 0.4) is 0 Å². The van der Waals surface area contributed by atoms with Gasteiger partial charge in [0, 0.05) is 24.5 Å². The number of amides is 1. The minimum atomic E-state index is -0.0583. The highest BCUT2D eigenvalue weighted by molar-refractivity contribution is 5.95. The van der Waals surface area contributed by atoms with Crippen molar-refractivity contribution in [2.45, 2.75) is 39.3 Å². The molecule has 0 unspecified atom stereocenters. The molecule has 6 nitrogen and oxygen atoms in total. The van der Waals surface area contributed by atoms with Gasteiger partial charge in [-0.15, -0.1) is 0 Å². The number of pyridine rings is 1. The van der Waals surface area contributed by atoms with Gasteiger partial charge < -0.3 is 9.32 Å². The number of hydrogen-bond donors (Lipinski definition) is 0. The van der Waals surface area contributed by atoms with Crippen LogP contribution >= 0.6 is 0 Å². The summed E-state index contributed by atoms with van der Waals surface area (Å²) in [4.78, 5) is 19.2. The van der Waals surface area contributed by atoms with Crippen molar-refractivity contribution in [1.29, 1.82) is 0 Å². The van der Waals surface area contributed by atoms with Gasteiger partial charge in [-0.3, -0.25) is 9.48 Å². The number of hydrogen-bond acceptors (Lipinski definition) is 4. The zero-order chi connectivity index (χ0) is 16.7. The van der Waals surface area contributed by atoms with Crippen LogP contribution < -0.4 is 0 Å². The van der Waals surface area contributed by atoms with Crippen LogP contribution in [-0.4, -0.2) is 38.2 Å². The van der Waals surface area contributed by atoms with E-state index in [-0.39, 0.29) is 11.9 Å². The van der Waals surface area contributed by atoms with Crippen molar-refractivity contribution >= 4 is 17.0 Å². The van der Waals surface area contributed by atoms with Crippen molar-refractivity contribution in [3.63, 3.8) is 0 Å². The number of likely N-dealkylation sites (tertiary alicyclic amines) is 1. The fraction of sp³-hybridized carbons (Fsp3) is 0.389. The molecule has 3 aromatic heterocycles. The van der Waals surface area contributed by atoms with E-state index >= 15 is 0 Å². The number of aryl methyl sites for hydroxylation is 2. The van der Waals surface area contributed by atoms with E-state index in [4.69, 9.17) is 4.42 Å². The van der Waals surface area contributed by atoms with Gasteiger partial charge in [0.25, 0.3) is 5.91 Å². The van der Waals surface area contributed by atoms with Gasteiger partial charge in [0.05, 0.1) is 18.8 Å². The Kier molecular flexibility index (Phi) is 3.59. The molecule has 3 aromatic rings. The number of rotatable bonds is 3. The zero-order valence-electron chi connectivity index (χ0n) is 13.9. The summed E-state index contributed by atoms with van der Waals surface area (Å²) in [5.74, 6) is 0.309. The highest BCUT2D eigenvalue weighted by atomic mass is 16.3. The van der Waals surface area contributed by atoms with Crippen LogP contribution in [0.15, 0.2) is 35.0 Å². The molecule has 0 saturated carbocycles. The third kappa shape index (κ3) is 2.68. The summed E-state index contributed by atoms with van der Waals surface area (Å²) in [6, 6.07) is 5.65. The summed E-state index contributed by atoms with van der Waals surface area (Å²) in [5, 5.41) is 4.34. The average molecular weight is 324 g/mol. The SMILES string of the molecule is Cc1cnn(C[C@@H]2CCCN2C(=O)c2cc3nc(C)ccc3o2)c1. The summed E-state index contributed by atoms with van der Waals surface area (Å²) in [7, 11) is 0. The molecule has 124 valence electrons. The Morgan fingerprint density at radius 1 is 1.38 bits per heavy atom. The number of aromatic nitrogens is 3. The second-order valence-corrected chi connectivity index (χ2v) is 6.48. The monoisotopic (exact) mass is 324 g/mol. The summed E-state index contributed by atoms with van der Waals surface area (Å²) in [5.41, 5.74) is 3.43. The van der Waals surface area contributed by atoms with Crippen molar-refractivity contribution in [3.8, 4) is 0 Å². The van der Waals surface area contributed by atoms with Crippen LogP contribution in [0.25, 0.3) is 11.1 Å². The standard InChI is InChI=1S/C18H20N4O2/c1-12-9-19-21(10-12)11-14-4-3-7-22(14)18(23)17-8-15-16(24-17)6-5-13(2)20-15/h5-6,8-10,14H,3-4,7,11H2,1-2H3/t14-/m0/s1. The first-order chi connectivity index (χ1) is 11.6. The van der Waals surface area contributed by atoms with Gasteiger partial charge in [-0.05, 0) is 44.4 Å². The molecule has 6 heteroatoms. The second-order valence-electron chi connectivity index (χ2n) is 6.48. The van der Waals surface area contributed by atoms with Gasteiger partial charge in [-0.1, -0.05) is 0 Å². The number of carbonyl (C=O) groups is 1. The van der Waals surface area contributed by atoms with E-state index in [0.29, 0.717) is 11.3 Å². The van der Waals surface area contributed by atoms with Crippen molar-refractivity contribution in [2.24, 2.45) is 0 Å². The molecule has 4 rings (SSSR count). The Labute approximate surface area is 140 Å². The third-order valence-corrected chi connectivity index (χ3v) is 4.52. The Hall–Kier alpha value is -2.63. The first-order valence-electron chi connectivity index (χ1n) is 8.27. The lowest BCUT2D eigenvalue weighted by Crippen LogP contribution is -2.38. The molecule has 1 atom stereocenters. The molecular weight excluding hydrogens is 304 g/mol. The Morgan fingerprint density at radius 3 is 3.04 bits per heavy atom. The van der Waals surface area contributed by atoms with Crippen LogP contribution in [0.1, 0.15) is 34.7 Å². The largest absolute Gasteiger partial charge is 0.449 e. The first kappa shape index (κ1) is 14.9. The van der Waals surface area contributed by atoms with E-state index in [1.807, 2.05) is 48.0 Å². The summed E-state index contributed by atoms with van der Waals surface area (Å²) < 4.78 is 7.64. The van der Waals surface area contributed by atoms with Crippen LogP contribution in [-0.2, 0) is 6.54 Å². The number of carbonyl (C=O) groups excluding carboxylic acids is 1. The molecule has 24 heavy (non-hydrogen) atoms. The van der Waals surface area contributed by atoms with E-state index in [2.05, 4.69) is 10.1 Å². The smallest absolute Gasteiger partial charge is 0.289 e. The topological polar surface area (TPSA) is 64.2 Å². The van der Waals surface area contributed by atoms with Gasteiger partial charge in [0.15, 0.2) is 11.3 Å². The second kappa shape index (κ2) is 5.78. The Balaban J connectivity index is 1.57. The molecule has 0 aliphatic carbocycles. The van der Waals surface area contributed by atoms with Crippen molar-refractivity contribution in [2.75, 3.05) is 6.54 Å². The minimum Gasteiger partial charge on any atom is -0.449 e. The molecule has 0 bridgehead atoms. The maximum Gasteiger partial charge on any atom is 0.289 e. The van der Waals surface area contributed by atoms with Crippen LogP contribution in [0.5, 0.6) is 0 Å². The lowest BCUT2D eigenvalue weighted by atomic mass is 10.2. The molecule has 1 saturated heterocycles. The van der Waals surface area contributed by atoms with Crippen LogP contribution in [0.2, 0.25) is 0 Å². The molecule has 0 aromatic carbocycles. The van der Waals surface area contributed by atoms with E-state index in [1.54, 1.807) is 6.07 Å². The van der Waals surface area contributed by atoms with Gasteiger partial charge in [0.1, 0.15) is 5.52 Å². The third-order valence-electron chi connectivity index (χ3n) is 4.52. The van der Waals surface area contributed by atoms with Gasteiger partial charge in [0.2, 0.25) is 0 Å². The van der Waals surface area contributed by atoms with Crippen LogP contribution in [0.4, 0.5) is 0 Å². The number of furan rings is 1. The first-order valence-corrected chi connectivity index (χ1v) is 8.27. The van der Waals surface area contributed by atoms with Crippen molar-refractivity contribution < 1.29 is 9.21 Å². The highest BCUT2D eigenvalue weighted by Crippen LogP contribution is 2.24. The normalized spacial score (nSPS) is 17.8. The van der Waals surface area contributed by atoms with E-state index in [9.17, 15) is 4.79 Å². The molecule has 4 heterocycles. The summed E-state index contributed by atoms with van der Waals surface area (Å²) >= 11 is 0. The quantitative estimate of drug-likeness (QED) is 0.743. The molecule has 1 amide bonds. The fourth-order valence-corrected chi connectivity index (χ4v) is 3.35. The van der Waals surface area contributed by atoms with Crippen molar-refractivity contribution in [1.82, 2.24) is 19.7 Å². The summed E-state index contributed by atoms with van der Waals surface area (Å²) in [6.45, 7) is 5.42. The molecule has 0 N–H and O–H groups in total. The highest BCUT2D eigenvalue weighted by Gasteiger charge is 2.31. The molecule has 0 spiro atoms. The predicted octanol–water partition coefficient (Wildman–Crippen LogP) is 2.95. The van der Waals surface area contributed by atoms with E-state index < -0.39 is 0 Å². The molecular formula is C18H20N4O2. The lowest BCUT2D eigenvalue weighted by Gasteiger charge is -2.23. The van der Waals surface area contributed by atoms with Gasteiger partial charge in [-0.25, -0.2) is 4.98 Å². The Bertz CT molecular complexity index is 895. The molecule has 0 radical (unpaired) electrons. The zero-order valence-corrected chi connectivity index (χ0v) is 13.9. The van der Waals surface area contributed by atoms with Crippen LogP contribution in [0, 0.1) is 13.8 Å². The lowest BCUT2D eigenvalue weighted by molar-refractivity contribution is 0.0691. The van der Waals surface area contributed by atoms with Crippen molar-refractivity contribution in [3.05, 3.63) is 47.6 Å². The summed E-state index contributed by atoms with van der Waals surface area (Å²) in [6.07, 6.45) is 5.85. The van der Waals surface area contributed by atoms with Gasteiger partial charge in [-0.2, -0.15) is 5.10 Å². The number of nitrogens with zero attached hydrogens (tertiary/aromatic N) is 4. The maximum atomic E-state index is 12.9. The average Bonchev–Trinajstić information content (AvgIpc) is 3.26. The minimum absolute atomic E-state index is 0.0583. The molecule has 1 aliphatic heterocycles.